The lowest BCUT2D eigenvalue weighted by Crippen LogP contribution is -2.06. The predicted octanol–water partition coefficient (Wildman–Crippen LogP) is 4.79. The first-order valence-electron chi connectivity index (χ1n) is 7.41. The van der Waals surface area contributed by atoms with Crippen molar-refractivity contribution in [1.29, 1.82) is 0 Å². The largest absolute Gasteiger partial charge is 0.393 e. The molecule has 0 saturated heterocycles. The second-order valence-electron chi connectivity index (χ2n) is 5.37. The van der Waals surface area contributed by atoms with Crippen LogP contribution in [0.2, 0.25) is 0 Å². The van der Waals surface area contributed by atoms with Crippen LogP contribution in [0, 0.1) is 16.5 Å². The van der Waals surface area contributed by atoms with Crippen LogP contribution in [0.25, 0.3) is 11.1 Å². The van der Waals surface area contributed by atoms with E-state index in [0.717, 1.165) is 27.6 Å². The summed E-state index contributed by atoms with van der Waals surface area (Å²) in [5, 5.41) is 21.1. The first-order valence-corrected chi connectivity index (χ1v) is 8.20. The number of halogens is 1. The van der Waals surface area contributed by atoms with Crippen LogP contribution in [-0.2, 0) is 6.42 Å². The molecule has 23 heavy (non-hydrogen) atoms. The number of nitro benzene ring substituents is 1. The average molecular weight is 376 g/mol. The molecule has 0 heterocycles. The summed E-state index contributed by atoms with van der Waals surface area (Å²) in [5.74, 6) is 0. The molecule has 1 atom stereocenters. The number of rotatable bonds is 6. The van der Waals surface area contributed by atoms with E-state index < -0.39 is 6.10 Å². The number of nitrogens with zero attached hydrogens (tertiary/aromatic N) is 1. The van der Waals surface area contributed by atoms with Crippen LogP contribution >= 0.6 is 15.9 Å². The van der Waals surface area contributed by atoms with E-state index in [4.69, 9.17) is 0 Å². The SMILES string of the molecule is CC[C]c1ccc([N+](=O)[O-])c(-c2cc(Br)ccc2CC(C)O)c1. The van der Waals surface area contributed by atoms with Gasteiger partial charge in [-0.05, 0) is 54.7 Å². The summed E-state index contributed by atoms with van der Waals surface area (Å²) in [6, 6.07) is 10.6. The van der Waals surface area contributed by atoms with Gasteiger partial charge in [0.2, 0.25) is 0 Å². The van der Waals surface area contributed by atoms with E-state index >= 15 is 0 Å². The highest BCUT2D eigenvalue weighted by Crippen LogP contribution is 2.35. The maximum absolute atomic E-state index is 11.4. The standard InChI is InChI=1S/C18H18BrNO3/c1-3-4-13-5-8-18(20(22)23)17(10-13)16-11-15(19)7-6-14(16)9-12(2)21/h5-8,10-12,21H,3,9H2,1-2H3. The summed E-state index contributed by atoms with van der Waals surface area (Å²) in [5.41, 5.74) is 3.06. The quantitative estimate of drug-likeness (QED) is 0.583. The number of aliphatic hydroxyl groups excluding tert-OH is 1. The van der Waals surface area contributed by atoms with E-state index in [-0.39, 0.29) is 10.6 Å². The van der Waals surface area contributed by atoms with Gasteiger partial charge in [0.25, 0.3) is 5.69 Å². The van der Waals surface area contributed by atoms with E-state index in [1.165, 1.54) is 6.07 Å². The van der Waals surface area contributed by atoms with Crippen molar-refractivity contribution in [2.75, 3.05) is 0 Å². The molecule has 0 aromatic heterocycles. The molecule has 0 aliphatic carbocycles. The van der Waals surface area contributed by atoms with Crippen molar-refractivity contribution in [3.05, 3.63) is 68.5 Å². The Morgan fingerprint density at radius 3 is 2.61 bits per heavy atom. The van der Waals surface area contributed by atoms with Gasteiger partial charge in [-0.25, -0.2) is 0 Å². The maximum Gasteiger partial charge on any atom is 0.277 e. The molecule has 0 amide bonds. The third-order valence-corrected chi connectivity index (χ3v) is 3.94. The van der Waals surface area contributed by atoms with Gasteiger partial charge >= 0.3 is 0 Å². The molecule has 1 unspecified atom stereocenters. The van der Waals surface area contributed by atoms with E-state index in [9.17, 15) is 15.2 Å². The van der Waals surface area contributed by atoms with Crippen LogP contribution in [0.5, 0.6) is 0 Å². The summed E-state index contributed by atoms with van der Waals surface area (Å²) >= 11 is 3.42. The Bertz CT molecular complexity index is 713. The summed E-state index contributed by atoms with van der Waals surface area (Å²) in [4.78, 5) is 11.0. The first-order chi connectivity index (χ1) is 10.9. The number of hydrogen-bond donors (Lipinski definition) is 1. The van der Waals surface area contributed by atoms with Crippen LogP contribution < -0.4 is 0 Å². The number of hydrogen-bond acceptors (Lipinski definition) is 3. The molecule has 0 spiro atoms. The number of nitro groups is 1. The maximum atomic E-state index is 11.4. The predicted molar refractivity (Wildman–Crippen MR) is 94.3 cm³/mol. The van der Waals surface area contributed by atoms with Gasteiger partial charge in [-0.1, -0.05) is 35.0 Å². The smallest absolute Gasteiger partial charge is 0.277 e. The zero-order valence-corrected chi connectivity index (χ0v) is 14.6. The van der Waals surface area contributed by atoms with E-state index in [2.05, 4.69) is 22.4 Å². The summed E-state index contributed by atoms with van der Waals surface area (Å²) < 4.78 is 0.838. The highest BCUT2D eigenvalue weighted by molar-refractivity contribution is 9.10. The van der Waals surface area contributed by atoms with Crippen molar-refractivity contribution in [3.8, 4) is 11.1 Å². The van der Waals surface area contributed by atoms with Crippen LogP contribution in [0.15, 0.2) is 40.9 Å². The Hall–Kier alpha value is -1.72. The number of benzene rings is 2. The monoisotopic (exact) mass is 375 g/mol. The van der Waals surface area contributed by atoms with Crippen LogP contribution in [0.3, 0.4) is 0 Å². The minimum absolute atomic E-state index is 0.0524. The molecule has 5 heteroatoms. The molecule has 0 fully saturated rings. The summed E-state index contributed by atoms with van der Waals surface area (Å²) in [7, 11) is 0. The molecule has 0 aliphatic heterocycles. The molecular weight excluding hydrogens is 358 g/mol. The third kappa shape index (κ3) is 4.39. The Labute approximate surface area is 144 Å². The topological polar surface area (TPSA) is 63.4 Å². The van der Waals surface area contributed by atoms with Crippen LogP contribution in [0.1, 0.15) is 31.4 Å². The fourth-order valence-corrected chi connectivity index (χ4v) is 2.88. The van der Waals surface area contributed by atoms with Gasteiger partial charge in [-0.2, -0.15) is 0 Å². The van der Waals surface area contributed by atoms with Gasteiger partial charge in [0, 0.05) is 17.0 Å². The molecule has 2 aromatic rings. The highest BCUT2D eigenvalue weighted by atomic mass is 79.9. The van der Waals surface area contributed by atoms with Crippen molar-refractivity contribution in [2.24, 2.45) is 0 Å². The van der Waals surface area contributed by atoms with E-state index in [1.807, 2.05) is 25.1 Å². The zero-order valence-electron chi connectivity index (χ0n) is 13.0. The Morgan fingerprint density at radius 2 is 2.00 bits per heavy atom. The van der Waals surface area contributed by atoms with Gasteiger partial charge in [-0.15, -0.1) is 0 Å². The van der Waals surface area contributed by atoms with E-state index in [0.29, 0.717) is 12.0 Å². The molecule has 2 radical (unpaired) electrons. The normalized spacial score (nSPS) is 12.2. The van der Waals surface area contributed by atoms with Crippen molar-refractivity contribution in [2.45, 2.75) is 32.8 Å². The van der Waals surface area contributed by atoms with Gasteiger partial charge in [0.05, 0.1) is 16.6 Å². The summed E-state index contributed by atoms with van der Waals surface area (Å²) in [6.45, 7) is 3.67. The minimum Gasteiger partial charge on any atom is -0.393 e. The van der Waals surface area contributed by atoms with Crippen LogP contribution in [-0.4, -0.2) is 16.1 Å². The van der Waals surface area contributed by atoms with Crippen molar-refractivity contribution < 1.29 is 10.0 Å². The number of aliphatic hydroxyl groups is 1. The first kappa shape index (κ1) is 17.6. The molecule has 4 nitrogen and oxygen atoms in total. The Morgan fingerprint density at radius 1 is 1.26 bits per heavy atom. The second-order valence-corrected chi connectivity index (χ2v) is 6.29. The Kier molecular flexibility index (Phi) is 5.91. The fraction of sp³-hybridized carbons (Fsp3) is 0.278. The highest BCUT2D eigenvalue weighted by Gasteiger charge is 2.19. The minimum atomic E-state index is -0.522. The van der Waals surface area contributed by atoms with Crippen molar-refractivity contribution in [3.63, 3.8) is 0 Å². The van der Waals surface area contributed by atoms with Gasteiger partial charge < -0.3 is 5.11 Å². The molecule has 0 saturated carbocycles. The second kappa shape index (κ2) is 7.70. The zero-order chi connectivity index (χ0) is 17.0. The molecule has 2 rings (SSSR count). The van der Waals surface area contributed by atoms with Gasteiger partial charge in [-0.3, -0.25) is 10.1 Å². The lowest BCUT2D eigenvalue weighted by Gasteiger charge is -2.13. The average Bonchev–Trinajstić information content (AvgIpc) is 2.48. The van der Waals surface area contributed by atoms with E-state index in [1.54, 1.807) is 19.1 Å². The van der Waals surface area contributed by atoms with Crippen LogP contribution in [0.4, 0.5) is 5.69 Å². The molecule has 2 aromatic carbocycles. The fourth-order valence-electron chi connectivity index (χ4n) is 2.52. The summed E-state index contributed by atoms with van der Waals surface area (Å²) in [6.07, 6.45) is 3.82. The van der Waals surface area contributed by atoms with Crippen molar-refractivity contribution in [1.82, 2.24) is 0 Å². The van der Waals surface area contributed by atoms with Gasteiger partial charge in [0.1, 0.15) is 0 Å². The van der Waals surface area contributed by atoms with Gasteiger partial charge in [0.15, 0.2) is 0 Å². The molecule has 0 aliphatic rings. The molecule has 0 bridgehead atoms. The molecular formula is C18H18BrNO3. The lowest BCUT2D eigenvalue weighted by atomic mass is 9.93. The Balaban J connectivity index is 2.65. The molecule has 120 valence electrons. The third-order valence-electron chi connectivity index (χ3n) is 3.45. The lowest BCUT2D eigenvalue weighted by molar-refractivity contribution is -0.384. The molecule has 1 N–H and O–H groups in total. The van der Waals surface area contributed by atoms with Crippen molar-refractivity contribution >= 4 is 21.6 Å².